The third-order valence-corrected chi connectivity index (χ3v) is 5.80. The van der Waals surface area contributed by atoms with Crippen molar-refractivity contribution in [3.8, 4) is 0 Å². The lowest BCUT2D eigenvalue weighted by molar-refractivity contribution is -0.134. The van der Waals surface area contributed by atoms with Crippen LogP contribution in [0.2, 0.25) is 0 Å². The Bertz CT molecular complexity index is 714. The fourth-order valence-corrected chi connectivity index (χ4v) is 3.97. The van der Waals surface area contributed by atoms with Crippen molar-refractivity contribution in [1.29, 1.82) is 0 Å². The number of amides is 3. The van der Waals surface area contributed by atoms with Crippen LogP contribution in [0.4, 0.5) is 16.4 Å². The molecular formula is C18H27N7O3. The van der Waals surface area contributed by atoms with Crippen LogP contribution in [0.5, 0.6) is 0 Å². The van der Waals surface area contributed by atoms with Gasteiger partial charge in [-0.2, -0.15) is 0 Å². The molecule has 0 aliphatic carbocycles. The Morgan fingerprint density at radius 3 is 2.04 bits per heavy atom. The van der Waals surface area contributed by atoms with Crippen LogP contribution in [0.15, 0.2) is 12.1 Å². The second-order valence-corrected chi connectivity index (χ2v) is 7.40. The largest absolute Gasteiger partial charge is 0.378 e. The summed E-state index contributed by atoms with van der Waals surface area (Å²) >= 11 is 0. The molecule has 10 nitrogen and oxygen atoms in total. The lowest BCUT2D eigenvalue weighted by atomic mass is 10.1. The van der Waals surface area contributed by atoms with Crippen LogP contribution in [0.3, 0.4) is 0 Å². The third kappa shape index (κ3) is 3.61. The molecule has 1 aromatic heterocycles. The standard InChI is InChI=1S/C18H27N7O3/c1-21-16(13-17(26)22(2)18(21)27)25-7-5-23(6-8-25)14-3-4-15(20-19-14)24-9-11-28-12-10-24/h3-4,16H,5-13H2,1-2H3. The van der Waals surface area contributed by atoms with E-state index in [0.29, 0.717) is 6.42 Å². The molecule has 0 aromatic carbocycles. The van der Waals surface area contributed by atoms with Gasteiger partial charge in [0.2, 0.25) is 5.91 Å². The van der Waals surface area contributed by atoms with Crippen molar-refractivity contribution in [2.75, 3.05) is 76.4 Å². The lowest BCUT2D eigenvalue weighted by Gasteiger charge is -2.45. The molecule has 3 fully saturated rings. The van der Waals surface area contributed by atoms with Crippen molar-refractivity contribution in [3.05, 3.63) is 12.1 Å². The number of piperazine rings is 1. The highest BCUT2D eigenvalue weighted by atomic mass is 16.5. The van der Waals surface area contributed by atoms with Gasteiger partial charge in [-0.05, 0) is 12.1 Å². The van der Waals surface area contributed by atoms with Gasteiger partial charge in [-0.1, -0.05) is 0 Å². The first-order valence-electron chi connectivity index (χ1n) is 9.73. The van der Waals surface area contributed by atoms with E-state index in [-0.39, 0.29) is 18.1 Å². The second kappa shape index (κ2) is 7.88. The fraction of sp³-hybridized carbons (Fsp3) is 0.667. The van der Waals surface area contributed by atoms with E-state index in [2.05, 4.69) is 24.9 Å². The molecule has 3 amide bonds. The van der Waals surface area contributed by atoms with Crippen molar-refractivity contribution >= 4 is 23.6 Å². The SMILES string of the molecule is CN1C(=O)CC(N2CCN(c3ccc(N4CCOCC4)nn3)CC2)N(C)C1=O. The van der Waals surface area contributed by atoms with E-state index >= 15 is 0 Å². The minimum absolute atomic E-state index is 0.125. The number of urea groups is 1. The average Bonchev–Trinajstić information content (AvgIpc) is 2.76. The summed E-state index contributed by atoms with van der Waals surface area (Å²) in [7, 11) is 3.30. The maximum atomic E-state index is 12.2. The first-order valence-corrected chi connectivity index (χ1v) is 9.73. The minimum atomic E-state index is -0.242. The summed E-state index contributed by atoms with van der Waals surface area (Å²) in [5.41, 5.74) is 0. The highest BCUT2D eigenvalue weighted by molar-refractivity contribution is 5.96. The van der Waals surface area contributed by atoms with Crippen LogP contribution in [0.1, 0.15) is 6.42 Å². The van der Waals surface area contributed by atoms with Crippen LogP contribution in [-0.4, -0.2) is 110 Å². The van der Waals surface area contributed by atoms with Gasteiger partial charge < -0.3 is 19.4 Å². The Hall–Kier alpha value is -2.46. The van der Waals surface area contributed by atoms with E-state index in [1.165, 1.54) is 11.9 Å². The van der Waals surface area contributed by atoms with Gasteiger partial charge in [0.15, 0.2) is 11.6 Å². The molecule has 3 saturated heterocycles. The Morgan fingerprint density at radius 1 is 0.893 bits per heavy atom. The molecule has 1 unspecified atom stereocenters. The molecule has 3 aliphatic rings. The molecule has 1 aromatic rings. The van der Waals surface area contributed by atoms with Crippen LogP contribution >= 0.6 is 0 Å². The van der Waals surface area contributed by atoms with Gasteiger partial charge in [0, 0.05) is 53.4 Å². The van der Waals surface area contributed by atoms with Crippen molar-refractivity contribution in [1.82, 2.24) is 24.9 Å². The number of hydrogen-bond donors (Lipinski definition) is 0. The van der Waals surface area contributed by atoms with Gasteiger partial charge in [-0.15, -0.1) is 10.2 Å². The molecule has 3 aliphatic heterocycles. The summed E-state index contributed by atoms with van der Waals surface area (Å²) < 4.78 is 5.38. The van der Waals surface area contributed by atoms with E-state index in [1.54, 1.807) is 11.9 Å². The summed E-state index contributed by atoms with van der Waals surface area (Å²) in [5.74, 6) is 1.62. The Morgan fingerprint density at radius 2 is 1.46 bits per heavy atom. The monoisotopic (exact) mass is 389 g/mol. The summed E-state index contributed by atoms with van der Waals surface area (Å²) in [6.07, 6.45) is 0.167. The van der Waals surface area contributed by atoms with Crippen molar-refractivity contribution in [3.63, 3.8) is 0 Å². The van der Waals surface area contributed by atoms with E-state index in [0.717, 1.165) is 64.1 Å². The Balaban J connectivity index is 1.35. The first-order chi connectivity index (χ1) is 13.5. The molecule has 0 bridgehead atoms. The van der Waals surface area contributed by atoms with Gasteiger partial charge in [-0.3, -0.25) is 14.6 Å². The molecule has 4 heterocycles. The molecule has 0 saturated carbocycles. The van der Waals surface area contributed by atoms with Crippen LogP contribution in [0.25, 0.3) is 0 Å². The molecular weight excluding hydrogens is 362 g/mol. The summed E-state index contributed by atoms with van der Waals surface area (Å²) in [6.45, 7) is 6.24. The molecule has 0 radical (unpaired) electrons. The van der Waals surface area contributed by atoms with Gasteiger partial charge >= 0.3 is 6.03 Å². The molecule has 10 heteroatoms. The molecule has 0 spiro atoms. The quantitative estimate of drug-likeness (QED) is 0.695. The predicted molar refractivity (Wildman–Crippen MR) is 103 cm³/mol. The summed E-state index contributed by atoms with van der Waals surface area (Å²) in [6, 6.07) is 3.79. The van der Waals surface area contributed by atoms with Crippen molar-refractivity contribution in [2.45, 2.75) is 12.6 Å². The third-order valence-electron chi connectivity index (χ3n) is 5.80. The number of ether oxygens (including phenoxy) is 1. The topological polar surface area (TPSA) is 85.3 Å². The number of imide groups is 1. The average molecular weight is 389 g/mol. The number of morpholine rings is 1. The van der Waals surface area contributed by atoms with E-state index in [9.17, 15) is 9.59 Å². The number of rotatable bonds is 3. The summed E-state index contributed by atoms with van der Waals surface area (Å²) in [5, 5.41) is 8.80. The molecule has 0 N–H and O–H groups in total. The number of anilines is 2. The number of hydrogen-bond acceptors (Lipinski definition) is 8. The lowest BCUT2D eigenvalue weighted by Crippen LogP contribution is -2.62. The maximum absolute atomic E-state index is 12.2. The normalized spacial score (nSPS) is 24.9. The second-order valence-electron chi connectivity index (χ2n) is 7.40. The zero-order valence-corrected chi connectivity index (χ0v) is 16.5. The summed E-state index contributed by atoms with van der Waals surface area (Å²) in [4.78, 5) is 33.7. The molecule has 28 heavy (non-hydrogen) atoms. The Labute approximate surface area is 164 Å². The number of aromatic nitrogens is 2. The van der Waals surface area contributed by atoms with Crippen LogP contribution in [-0.2, 0) is 9.53 Å². The number of nitrogens with zero attached hydrogens (tertiary/aromatic N) is 7. The smallest absolute Gasteiger partial charge is 0.327 e. The minimum Gasteiger partial charge on any atom is -0.378 e. The number of carbonyl (C=O) groups excluding carboxylic acids is 2. The Kier molecular flexibility index (Phi) is 5.31. The van der Waals surface area contributed by atoms with Gasteiger partial charge in [0.25, 0.3) is 0 Å². The van der Waals surface area contributed by atoms with Crippen molar-refractivity contribution < 1.29 is 14.3 Å². The zero-order chi connectivity index (χ0) is 19.7. The van der Waals surface area contributed by atoms with E-state index in [4.69, 9.17) is 4.74 Å². The first kappa shape index (κ1) is 18.9. The number of carbonyl (C=O) groups is 2. The maximum Gasteiger partial charge on any atom is 0.327 e. The predicted octanol–water partition coefficient (Wildman–Crippen LogP) is -0.325. The highest BCUT2D eigenvalue weighted by Gasteiger charge is 2.38. The van der Waals surface area contributed by atoms with Crippen LogP contribution in [0, 0.1) is 0 Å². The molecule has 4 rings (SSSR count). The van der Waals surface area contributed by atoms with Crippen molar-refractivity contribution in [2.24, 2.45) is 0 Å². The van der Waals surface area contributed by atoms with Gasteiger partial charge in [-0.25, -0.2) is 4.79 Å². The fourth-order valence-electron chi connectivity index (χ4n) is 3.97. The van der Waals surface area contributed by atoms with E-state index < -0.39 is 0 Å². The highest BCUT2D eigenvalue weighted by Crippen LogP contribution is 2.22. The van der Waals surface area contributed by atoms with Crippen LogP contribution < -0.4 is 9.80 Å². The van der Waals surface area contributed by atoms with Gasteiger partial charge in [0.05, 0.1) is 25.8 Å². The molecule has 152 valence electrons. The molecule has 1 atom stereocenters. The van der Waals surface area contributed by atoms with E-state index in [1.807, 2.05) is 12.1 Å². The van der Waals surface area contributed by atoms with Gasteiger partial charge in [0.1, 0.15) is 0 Å². The zero-order valence-electron chi connectivity index (χ0n) is 16.5.